The Bertz CT molecular complexity index is 1560. The number of methoxy groups -OCH3 is 1. The van der Waals surface area contributed by atoms with Gasteiger partial charge in [0.15, 0.2) is 0 Å². The third-order valence-corrected chi connectivity index (χ3v) is 7.14. The number of ether oxygens (including phenoxy) is 3. The van der Waals surface area contributed by atoms with E-state index in [0.717, 1.165) is 16.7 Å². The van der Waals surface area contributed by atoms with Crippen molar-refractivity contribution < 1.29 is 28.9 Å². The molecular weight excluding hydrogens is 530 g/mol. The van der Waals surface area contributed by atoms with Crippen molar-refractivity contribution in [3.63, 3.8) is 0 Å². The van der Waals surface area contributed by atoms with Crippen LogP contribution < -0.4 is 9.47 Å². The number of carbonyl (C=O) groups excluding carboxylic acids is 2. The predicted molar refractivity (Wildman–Crippen MR) is 160 cm³/mol. The minimum atomic E-state index is -0.777. The molecule has 1 N–H and O–H groups in total. The fourth-order valence-electron chi connectivity index (χ4n) is 4.97. The number of rotatable bonds is 11. The highest BCUT2D eigenvalue weighted by molar-refractivity contribution is 6.46. The van der Waals surface area contributed by atoms with Gasteiger partial charge in [0.1, 0.15) is 30.5 Å². The van der Waals surface area contributed by atoms with Crippen molar-refractivity contribution in [2.45, 2.75) is 26.2 Å². The first-order chi connectivity index (χ1) is 20.4. The van der Waals surface area contributed by atoms with Gasteiger partial charge < -0.3 is 24.2 Å². The molecule has 1 unspecified atom stereocenters. The molecule has 1 saturated heterocycles. The van der Waals surface area contributed by atoms with E-state index in [1.807, 2.05) is 67.6 Å². The number of aliphatic hydroxyl groups is 1. The molecule has 214 valence electrons. The van der Waals surface area contributed by atoms with E-state index in [-0.39, 0.29) is 24.5 Å². The molecule has 0 saturated carbocycles. The summed E-state index contributed by atoms with van der Waals surface area (Å²) < 4.78 is 17.0. The molecule has 0 aliphatic carbocycles. The van der Waals surface area contributed by atoms with Crippen molar-refractivity contribution in [3.05, 3.63) is 137 Å². The van der Waals surface area contributed by atoms with Crippen LogP contribution in [0, 0.1) is 6.92 Å². The molecule has 1 heterocycles. The molecule has 4 aromatic carbocycles. The van der Waals surface area contributed by atoms with Gasteiger partial charge in [-0.15, -0.1) is 0 Å². The lowest BCUT2D eigenvalue weighted by atomic mass is 9.95. The summed E-state index contributed by atoms with van der Waals surface area (Å²) in [7, 11) is 1.53. The van der Waals surface area contributed by atoms with Crippen LogP contribution in [0.1, 0.15) is 33.9 Å². The lowest BCUT2D eigenvalue weighted by molar-refractivity contribution is -0.140. The summed E-state index contributed by atoms with van der Waals surface area (Å²) in [6.45, 7) is 3.29. The van der Waals surface area contributed by atoms with Gasteiger partial charge in [0.25, 0.3) is 11.7 Å². The molecule has 1 aliphatic rings. The number of hydrogen-bond donors (Lipinski definition) is 1. The van der Waals surface area contributed by atoms with Crippen LogP contribution in [-0.4, -0.2) is 42.0 Å². The molecule has 7 heteroatoms. The van der Waals surface area contributed by atoms with Gasteiger partial charge in [-0.1, -0.05) is 72.3 Å². The average Bonchev–Trinajstić information content (AvgIpc) is 3.27. The molecule has 7 nitrogen and oxygen atoms in total. The summed E-state index contributed by atoms with van der Waals surface area (Å²) in [6.07, 6.45) is 0. The third kappa shape index (κ3) is 6.53. The summed E-state index contributed by atoms with van der Waals surface area (Å²) in [4.78, 5) is 27.8. The lowest BCUT2D eigenvalue weighted by Gasteiger charge is -2.25. The average molecular weight is 564 g/mol. The minimum Gasteiger partial charge on any atom is -0.507 e. The minimum absolute atomic E-state index is 0.0301. The molecule has 1 fully saturated rings. The van der Waals surface area contributed by atoms with Crippen LogP contribution in [0.4, 0.5) is 0 Å². The largest absolute Gasteiger partial charge is 0.507 e. The Morgan fingerprint density at radius 1 is 0.786 bits per heavy atom. The summed E-state index contributed by atoms with van der Waals surface area (Å²) in [5.74, 6) is -0.388. The van der Waals surface area contributed by atoms with Crippen LogP contribution in [0.3, 0.4) is 0 Å². The zero-order valence-corrected chi connectivity index (χ0v) is 23.7. The normalized spacial score (nSPS) is 16.0. The van der Waals surface area contributed by atoms with E-state index in [1.165, 1.54) is 12.0 Å². The number of aryl methyl sites for hydroxylation is 1. The van der Waals surface area contributed by atoms with E-state index in [9.17, 15) is 14.7 Å². The number of aliphatic hydroxyl groups excluding tert-OH is 1. The number of ketones is 1. The fraction of sp³-hybridized carbons (Fsp3) is 0.200. The maximum Gasteiger partial charge on any atom is 0.295 e. The Hall–Kier alpha value is -4.88. The molecule has 0 bridgehead atoms. The number of carbonyl (C=O) groups is 2. The molecule has 5 rings (SSSR count). The van der Waals surface area contributed by atoms with Gasteiger partial charge in [0, 0.05) is 19.2 Å². The molecule has 4 aromatic rings. The quantitative estimate of drug-likeness (QED) is 0.132. The molecule has 0 radical (unpaired) electrons. The van der Waals surface area contributed by atoms with E-state index in [0.29, 0.717) is 35.8 Å². The van der Waals surface area contributed by atoms with Crippen LogP contribution in [0.5, 0.6) is 11.5 Å². The summed E-state index contributed by atoms with van der Waals surface area (Å²) in [6, 6.07) is 31.2. The van der Waals surface area contributed by atoms with E-state index in [2.05, 4.69) is 6.07 Å². The number of Topliss-reactive ketones (excluding diaryl/α,β-unsaturated/α-hetero) is 1. The van der Waals surface area contributed by atoms with Crippen LogP contribution >= 0.6 is 0 Å². The Balaban J connectivity index is 1.39. The first-order valence-electron chi connectivity index (χ1n) is 13.8. The third-order valence-electron chi connectivity index (χ3n) is 7.14. The molecule has 1 aliphatic heterocycles. The van der Waals surface area contributed by atoms with Gasteiger partial charge in [-0.2, -0.15) is 0 Å². The van der Waals surface area contributed by atoms with Gasteiger partial charge in [-0.25, -0.2) is 0 Å². The zero-order valence-electron chi connectivity index (χ0n) is 23.7. The highest BCUT2D eigenvalue weighted by Crippen LogP contribution is 2.40. The van der Waals surface area contributed by atoms with Crippen LogP contribution in [0.2, 0.25) is 0 Å². The molecule has 42 heavy (non-hydrogen) atoms. The van der Waals surface area contributed by atoms with Gasteiger partial charge in [-0.3, -0.25) is 9.59 Å². The highest BCUT2D eigenvalue weighted by Gasteiger charge is 2.45. The van der Waals surface area contributed by atoms with Gasteiger partial charge in [0.05, 0.1) is 18.2 Å². The number of nitrogens with zero attached hydrogens (tertiary/aromatic N) is 1. The predicted octanol–water partition coefficient (Wildman–Crippen LogP) is 6.22. The molecule has 0 spiro atoms. The van der Waals surface area contributed by atoms with Crippen molar-refractivity contribution in [2.24, 2.45) is 0 Å². The Morgan fingerprint density at radius 3 is 2.05 bits per heavy atom. The summed E-state index contributed by atoms with van der Waals surface area (Å²) in [5, 5.41) is 11.4. The maximum absolute atomic E-state index is 13.3. The van der Waals surface area contributed by atoms with E-state index in [4.69, 9.17) is 14.2 Å². The van der Waals surface area contributed by atoms with Gasteiger partial charge in [0.2, 0.25) is 0 Å². The van der Waals surface area contributed by atoms with Crippen LogP contribution in [0.25, 0.3) is 5.76 Å². The monoisotopic (exact) mass is 563 g/mol. The van der Waals surface area contributed by atoms with Crippen LogP contribution in [0.15, 0.2) is 109 Å². The second kappa shape index (κ2) is 13.2. The number of hydrogen-bond acceptors (Lipinski definition) is 6. The zero-order chi connectivity index (χ0) is 29.5. The van der Waals surface area contributed by atoms with Crippen molar-refractivity contribution in [3.8, 4) is 11.5 Å². The smallest absolute Gasteiger partial charge is 0.295 e. The topological polar surface area (TPSA) is 85.3 Å². The first-order valence-corrected chi connectivity index (χ1v) is 13.8. The SMILES string of the molecule is COCCN1C(=O)C(=O)C(=C(O)c2ccc(OCc3cccc(C)c3)cc2)C1c1ccc(OCc2ccccc2)cc1. The van der Waals surface area contributed by atoms with Gasteiger partial charge >= 0.3 is 0 Å². The van der Waals surface area contributed by atoms with E-state index >= 15 is 0 Å². The maximum atomic E-state index is 13.3. The summed E-state index contributed by atoms with van der Waals surface area (Å²) >= 11 is 0. The fourth-order valence-corrected chi connectivity index (χ4v) is 4.97. The Labute approximate surface area is 245 Å². The van der Waals surface area contributed by atoms with Crippen molar-refractivity contribution in [1.29, 1.82) is 0 Å². The molecular formula is C35H33NO6. The first kappa shape index (κ1) is 28.6. The van der Waals surface area contributed by atoms with Gasteiger partial charge in [-0.05, 0) is 60.0 Å². The van der Waals surface area contributed by atoms with Crippen molar-refractivity contribution in [1.82, 2.24) is 4.90 Å². The standard InChI is InChI=1S/C35H33NO6/c1-24-7-6-10-26(21-24)23-42-30-17-13-28(14-18-30)33(37)31-32(36(19-20-40-2)35(39)34(31)38)27-11-15-29(16-12-27)41-22-25-8-4-3-5-9-25/h3-18,21,32,37H,19-20,22-23H2,1-2H3. The number of likely N-dealkylation sites (tertiary alicyclic amines) is 1. The number of amides is 1. The second-order valence-corrected chi connectivity index (χ2v) is 10.1. The van der Waals surface area contributed by atoms with Crippen LogP contribution in [-0.2, 0) is 27.5 Å². The van der Waals surface area contributed by atoms with Crippen molar-refractivity contribution >= 4 is 17.4 Å². The molecule has 0 aromatic heterocycles. The highest BCUT2D eigenvalue weighted by atomic mass is 16.5. The number of benzene rings is 4. The Kier molecular flexibility index (Phi) is 8.99. The van der Waals surface area contributed by atoms with E-state index < -0.39 is 17.7 Å². The second-order valence-electron chi connectivity index (χ2n) is 10.1. The summed E-state index contributed by atoms with van der Waals surface area (Å²) in [5.41, 5.74) is 4.37. The van der Waals surface area contributed by atoms with E-state index in [1.54, 1.807) is 36.4 Å². The van der Waals surface area contributed by atoms with Crippen molar-refractivity contribution in [2.75, 3.05) is 20.3 Å². The molecule has 1 amide bonds. The lowest BCUT2D eigenvalue weighted by Crippen LogP contribution is -2.32. The molecule has 1 atom stereocenters. The Morgan fingerprint density at radius 2 is 1.40 bits per heavy atom.